The van der Waals surface area contributed by atoms with Gasteiger partial charge in [0.25, 0.3) is 0 Å². The van der Waals surface area contributed by atoms with Gasteiger partial charge in [-0.05, 0) is 18.2 Å². The van der Waals surface area contributed by atoms with Gasteiger partial charge in [-0.15, -0.1) is 0 Å². The summed E-state index contributed by atoms with van der Waals surface area (Å²) >= 11 is 0. The number of benzene rings is 2. The third-order valence-electron chi connectivity index (χ3n) is 5.37. The monoisotopic (exact) mass is 394 g/mol. The van der Waals surface area contributed by atoms with Crippen LogP contribution in [0.4, 0.5) is 5.82 Å². The van der Waals surface area contributed by atoms with Gasteiger partial charge >= 0.3 is 0 Å². The van der Waals surface area contributed by atoms with Gasteiger partial charge in [0, 0.05) is 43.7 Å². The average Bonchev–Trinajstić information content (AvgIpc) is 2.78. The molecule has 1 aliphatic rings. The van der Waals surface area contributed by atoms with Crippen LogP contribution in [0.5, 0.6) is 17.2 Å². The van der Waals surface area contributed by atoms with Crippen molar-refractivity contribution < 1.29 is 14.2 Å². The summed E-state index contributed by atoms with van der Waals surface area (Å²) in [6.07, 6.45) is 1.65. The molecule has 0 atom stereocenters. The molecule has 0 saturated carbocycles. The van der Waals surface area contributed by atoms with Gasteiger partial charge < -0.3 is 19.1 Å². The lowest BCUT2D eigenvalue weighted by Gasteiger charge is -2.36. The number of rotatable bonds is 6. The molecule has 7 heteroatoms. The van der Waals surface area contributed by atoms with Crippen molar-refractivity contribution in [3.05, 3.63) is 48.3 Å². The second kappa shape index (κ2) is 8.53. The van der Waals surface area contributed by atoms with Gasteiger partial charge in [-0.3, -0.25) is 4.90 Å². The zero-order valence-electron chi connectivity index (χ0n) is 17.1. The van der Waals surface area contributed by atoms with Gasteiger partial charge in [-0.1, -0.05) is 18.2 Å². The molecule has 1 fully saturated rings. The molecule has 0 radical (unpaired) electrons. The third-order valence-corrected chi connectivity index (χ3v) is 5.37. The van der Waals surface area contributed by atoms with E-state index >= 15 is 0 Å². The summed E-state index contributed by atoms with van der Waals surface area (Å²) in [6, 6.07) is 12.1. The second-order valence-corrected chi connectivity index (χ2v) is 6.97. The molecule has 29 heavy (non-hydrogen) atoms. The maximum atomic E-state index is 5.63. The summed E-state index contributed by atoms with van der Waals surface area (Å²) < 4.78 is 16.5. The Morgan fingerprint density at radius 2 is 1.59 bits per heavy atom. The van der Waals surface area contributed by atoms with E-state index in [9.17, 15) is 0 Å². The summed E-state index contributed by atoms with van der Waals surface area (Å²) in [5.74, 6) is 3.06. The third kappa shape index (κ3) is 3.78. The van der Waals surface area contributed by atoms with Crippen LogP contribution in [0.1, 0.15) is 5.56 Å². The van der Waals surface area contributed by atoms with Crippen LogP contribution in [0.2, 0.25) is 0 Å². The first-order chi connectivity index (χ1) is 14.2. The highest BCUT2D eigenvalue weighted by Crippen LogP contribution is 2.40. The van der Waals surface area contributed by atoms with E-state index < -0.39 is 0 Å². The van der Waals surface area contributed by atoms with Crippen LogP contribution in [-0.4, -0.2) is 62.4 Å². The summed E-state index contributed by atoms with van der Waals surface area (Å²) in [7, 11) is 4.93. The molecular weight excluding hydrogens is 368 g/mol. The summed E-state index contributed by atoms with van der Waals surface area (Å²) in [5, 5.41) is 1.10. The van der Waals surface area contributed by atoms with Crippen LogP contribution in [0, 0.1) is 0 Å². The number of methoxy groups -OCH3 is 3. The molecule has 0 aliphatic carbocycles. The zero-order valence-corrected chi connectivity index (χ0v) is 17.1. The molecule has 4 rings (SSSR count). The number of nitrogens with zero attached hydrogens (tertiary/aromatic N) is 4. The molecule has 0 spiro atoms. The maximum absolute atomic E-state index is 5.63. The van der Waals surface area contributed by atoms with E-state index in [1.807, 2.05) is 30.3 Å². The molecule has 2 heterocycles. The van der Waals surface area contributed by atoms with Crippen LogP contribution in [0.15, 0.2) is 42.7 Å². The minimum atomic E-state index is 0.638. The Bertz CT molecular complexity index is 982. The van der Waals surface area contributed by atoms with E-state index in [0.717, 1.165) is 60.8 Å². The van der Waals surface area contributed by atoms with Crippen molar-refractivity contribution in [1.29, 1.82) is 0 Å². The lowest BCUT2D eigenvalue weighted by atomic mass is 10.1. The molecule has 1 aromatic heterocycles. The molecule has 0 N–H and O–H groups in total. The predicted octanol–water partition coefficient (Wildman–Crippen LogP) is 2.98. The quantitative estimate of drug-likeness (QED) is 0.637. The number of para-hydroxylation sites is 1. The van der Waals surface area contributed by atoms with E-state index in [1.54, 1.807) is 27.7 Å². The zero-order chi connectivity index (χ0) is 20.2. The normalized spacial score (nSPS) is 14.8. The standard InChI is InChI=1S/C22H26N4O3/c1-27-19-9-8-16(20(28-2)21(19)29-3)14-25-10-12-26(13-11-25)22-17-6-4-5-7-18(17)23-15-24-22/h4-9,15H,10-14H2,1-3H3. The molecule has 2 aromatic carbocycles. The number of hydrogen-bond donors (Lipinski definition) is 0. The first-order valence-electron chi connectivity index (χ1n) is 9.70. The van der Waals surface area contributed by atoms with Crippen molar-refractivity contribution in [2.24, 2.45) is 0 Å². The van der Waals surface area contributed by atoms with Crippen molar-refractivity contribution >= 4 is 16.7 Å². The SMILES string of the molecule is COc1ccc(CN2CCN(c3ncnc4ccccc34)CC2)c(OC)c1OC. The molecular formula is C22H26N4O3. The van der Waals surface area contributed by atoms with Crippen LogP contribution in [0.3, 0.4) is 0 Å². The summed E-state index contributed by atoms with van der Waals surface area (Å²) in [4.78, 5) is 13.7. The van der Waals surface area contributed by atoms with E-state index in [0.29, 0.717) is 11.5 Å². The summed E-state index contributed by atoms with van der Waals surface area (Å²) in [5.41, 5.74) is 2.07. The number of piperazine rings is 1. The Morgan fingerprint density at radius 1 is 0.828 bits per heavy atom. The smallest absolute Gasteiger partial charge is 0.203 e. The molecule has 7 nitrogen and oxygen atoms in total. The molecule has 0 amide bonds. The molecule has 152 valence electrons. The van der Waals surface area contributed by atoms with Crippen LogP contribution in [0.25, 0.3) is 10.9 Å². The van der Waals surface area contributed by atoms with Crippen molar-refractivity contribution in [1.82, 2.24) is 14.9 Å². The lowest BCUT2D eigenvalue weighted by molar-refractivity contribution is 0.243. The largest absolute Gasteiger partial charge is 0.493 e. The van der Waals surface area contributed by atoms with E-state index in [-0.39, 0.29) is 0 Å². The molecule has 1 saturated heterocycles. The van der Waals surface area contributed by atoms with Crippen molar-refractivity contribution in [2.75, 3.05) is 52.4 Å². The van der Waals surface area contributed by atoms with Gasteiger partial charge in [0.1, 0.15) is 12.1 Å². The predicted molar refractivity (Wildman–Crippen MR) is 113 cm³/mol. The molecule has 1 aliphatic heterocycles. The van der Waals surface area contributed by atoms with E-state index in [2.05, 4.69) is 25.8 Å². The number of hydrogen-bond acceptors (Lipinski definition) is 7. The minimum absolute atomic E-state index is 0.638. The lowest BCUT2D eigenvalue weighted by Crippen LogP contribution is -2.46. The van der Waals surface area contributed by atoms with Crippen LogP contribution in [-0.2, 0) is 6.54 Å². The van der Waals surface area contributed by atoms with Crippen LogP contribution < -0.4 is 19.1 Å². The van der Waals surface area contributed by atoms with Gasteiger partial charge in [0.05, 0.1) is 26.8 Å². The number of fused-ring (bicyclic) bond motifs is 1. The van der Waals surface area contributed by atoms with Gasteiger partial charge in [0.2, 0.25) is 5.75 Å². The average molecular weight is 394 g/mol. The number of aromatic nitrogens is 2. The summed E-state index contributed by atoms with van der Waals surface area (Å²) in [6.45, 7) is 4.50. The van der Waals surface area contributed by atoms with Gasteiger partial charge in [0.15, 0.2) is 11.5 Å². The Balaban J connectivity index is 1.48. The maximum Gasteiger partial charge on any atom is 0.203 e. The number of anilines is 1. The first kappa shape index (κ1) is 19.3. The fourth-order valence-electron chi connectivity index (χ4n) is 3.89. The topological polar surface area (TPSA) is 60.0 Å². The van der Waals surface area contributed by atoms with Crippen molar-refractivity contribution in [2.45, 2.75) is 6.54 Å². The Kier molecular flexibility index (Phi) is 5.67. The highest BCUT2D eigenvalue weighted by molar-refractivity contribution is 5.89. The van der Waals surface area contributed by atoms with Crippen molar-refractivity contribution in [3.63, 3.8) is 0 Å². The van der Waals surface area contributed by atoms with E-state index in [4.69, 9.17) is 14.2 Å². The fourth-order valence-corrected chi connectivity index (χ4v) is 3.89. The highest BCUT2D eigenvalue weighted by Gasteiger charge is 2.22. The number of ether oxygens (including phenoxy) is 3. The molecule has 0 bridgehead atoms. The van der Waals surface area contributed by atoms with Gasteiger partial charge in [-0.2, -0.15) is 0 Å². The Hall–Kier alpha value is -3.06. The van der Waals surface area contributed by atoms with E-state index in [1.165, 1.54) is 0 Å². The Morgan fingerprint density at radius 3 is 2.31 bits per heavy atom. The highest BCUT2D eigenvalue weighted by atomic mass is 16.5. The van der Waals surface area contributed by atoms with Gasteiger partial charge in [-0.25, -0.2) is 9.97 Å². The fraction of sp³-hybridized carbons (Fsp3) is 0.364. The Labute approximate surface area is 170 Å². The molecule has 3 aromatic rings. The second-order valence-electron chi connectivity index (χ2n) is 6.97. The van der Waals surface area contributed by atoms with Crippen LogP contribution >= 0.6 is 0 Å². The minimum Gasteiger partial charge on any atom is -0.493 e. The molecule has 0 unspecified atom stereocenters. The first-order valence-corrected chi connectivity index (χ1v) is 9.70. The van der Waals surface area contributed by atoms with Crippen molar-refractivity contribution in [3.8, 4) is 17.2 Å².